The number of thiophene rings is 1. The second-order valence-corrected chi connectivity index (χ2v) is 5.83. The molecule has 2 rings (SSSR count). The number of methoxy groups -OCH3 is 1. The number of hydrogen-bond acceptors (Lipinski definition) is 4. The van der Waals surface area contributed by atoms with Crippen LogP contribution in [0.3, 0.4) is 0 Å². The molecular weight excluding hydrogens is 309 g/mol. The fourth-order valence-corrected chi connectivity index (χ4v) is 3.41. The van der Waals surface area contributed by atoms with Crippen LogP contribution >= 0.6 is 11.3 Å². The summed E-state index contributed by atoms with van der Waals surface area (Å²) in [5.74, 6) is -1.90. The highest BCUT2D eigenvalue weighted by Gasteiger charge is 2.24. The van der Waals surface area contributed by atoms with E-state index in [0.29, 0.717) is 20.5 Å². The van der Waals surface area contributed by atoms with Gasteiger partial charge in [0, 0.05) is 23.7 Å². The molecule has 0 saturated heterocycles. The number of carboxylic acids is 1. The van der Waals surface area contributed by atoms with Gasteiger partial charge in [-0.25, -0.2) is 4.39 Å². The van der Waals surface area contributed by atoms with E-state index in [1.54, 1.807) is 19.1 Å². The molecule has 0 spiro atoms. The summed E-state index contributed by atoms with van der Waals surface area (Å²) >= 11 is 1.17. The number of carbonyl (C=O) groups is 2. The summed E-state index contributed by atoms with van der Waals surface area (Å²) in [6, 6.07) is 4.67. The van der Waals surface area contributed by atoms with Gasteiger partial charge in [0.25, 0.3) is 5.91 Å². The maximum Gasteiger partial charge on any atom is 0.323 e. The molecule has 0 aliphatic rings. The van der Waals surface area contributed by atoms with Crippen molar-refractivity contribution in [3.63, 3.8) is 0 Å². The zero-order chi connectivity index (χ0) is 16.3. The van der Waals surface area contributed by atoms with Gasteiger partial charge in [0.1, 0.15) is 12.4 Å². The van der Waals surface area contributed by atoms with E-state index < -0.39 is 18.4 Å². The minimum atomic E-state index is -1.10. The second kappa shape index (κ2) is 6.85. The van der Waals surface area contributed by atoms with Crippen molar-refractivity contribution in [3.8, 4) is 0 Å². The summed E-state index contributed by atoms with van der Waals surface area (Å²) in [4.78, 5) is 25.1. The molecule has 5 nitrogen and oxygen atoms in total. The molecule has 1 amide bonds. The molecule has 1 aromatic heterocycles. The van der Waals surface area contributed by atoms with Crippen LogP contribution in [0.2, 0.25) is 0 Å². The van der Waals surface area contributed by atoms with Gasteiger partial charge in [0.2, 0.25) is 0 Å². The Kier molecular flexibility index (Phi) is 5.10. The van der Waals surface area contributed by atoms with Gasteiger partial charge in [-0.3, -0.25) is 9.59 Å². The number of carboxylic acid groups (broad SMARTS) is 1. The Labute approximate surface area is 130 Å². The monoisotopic (exact) mass is 325 g/mol. The van der Waals surface area contributed by atoms with Crippen molar-refractivity contribution < 1.29 is 23.8 Å². The SMILES string of the molecule is COCCN(CC(=O)O)C(=O)c1sc2cccc(F)c2c1C. The van der Waals surface area contributed by atoms with Gasteiger partial charge in [0.15, 0.2) is 0 Å². The van der Waals surface area contributed by atoms with E-state index in [9.17, 15) is 14.0 Å². The average Bonchev–Trinajstić information content (AvgIpc) is 2.81. The summed E-state index contributed by atoms with van der Waals surface area (Å²) < 4.78 is 19.5. The van der Waals surface area contributed by atoms with Crippen molar-refractivity contribution in [2.45, 2.75) is 6.92 Å². The zero-order valence-electron chi connectivity index (χ0n) is 12.3. The highest BCUT2D eigenvalue weighted by molar-refractivity contribution is 7.21. The standard InChI is InChI=1S/C15H16FNO4S/c1-9-13-10(16)4-3-5-11(13)22-14(9)15(20)17(6-7-21-2)8-12(18)19/h3-5H,6-8H2,1-2H3,(H,18,19). The first kappa shape index (κ1) is 16.4. The third kappa shape index (κ3) is 3.26. The number of aryl methyl sites for hydroxylation is 1. The summed E-state index contributed by atoms with van der Waals surface area (Å²) in [6.07, 6.45) is 0. The Morgan fingerprint density at radius 3 is 2.73 bits per heavy atom. The van der Waals surface area contributed by atoms with E-state index in [4.69, 9.17) is 9.84 Å². The van der Waals surface area contributed by atoms with Crippen LogP contribution in [0.1, 0.15) is 15.2 Å². The topological polar surface area (TPSA) is 66.8 Å². The first-order chi connectivity index (χ1) is 10.5. The summed E-state index contributed by atoms with van der Waals surface area (Å²) in [7, 11) is 1.48. The molecule has 7 heteroatoms. The zero-order valence-corrected chi connectivity index (χ0v) is 13.1. The van der Waals surface area contributed by atoms with Crippen LogP contribution in [0.4, 0.5) is 4.39 Å². The lowest BCUT2D eigenvalue weighted by Gasteiger charge is -2.19. The predicted molar refractivity (Wildman–Crippen MR) is 81.9 cm³/mol. The number of rotatable bonds is 6. The van der Waals surface area contributed by atoms with Crippen LogP contribution in [0.15, 0.2) is 18.2 Å². The highest BCUT2D eigenvalue weighted by Crippen LogP contribution is 2.33. The van der Waals surface area contributed by atoms with Gasteiger partial charge in [-0.05, 0) is 24.6 Å². The van der Waals surface area contributed by atoms with E-state index in [-0.39, 0.29) is 19.0 Å². The molecular formula is C15H16FNO4S. The van der Waals surface area contributed by atoms with Crippen molar-refractivity contribution in [1.29, 1.82) is 0 Å². The Hall–Kier alpha value is -1.99. The van der Waals surface area contributed by atoms with Crippen molar-refractivity contribution >= 4 is 33.3 Å². The molecule has 118 valence electrons. The van der Waals surface area contributed by atoms with Crippen LogP contribution in [-0.2, 0) is 9.53 Å². The molecule has 2 aromatic rings. The third-order valence-electron chi connectivity index (χ3n) is 3.28. The number of ether oxygens (including phenoxy) is 1. The molecule has 0 bridgehead atoms. The fourth-order valence-electron chi connectivity index (χ4n) is 2.22. The van der Waals surface area contributed by atoms with E-state index in [1.165, 1.54) is 29.4 Å². The van der Waals surface area contributed by atoms with Gasteiger partial charge in [-0.15, -0.1) is 11.3 Å². The van der Waals surface area contributed by atoms with Crippen molar-refractivity contribution in [3.05, 3.63) is 34.5 Å². The summed E-state index contributed by atoms with van der Waals surface area (Å²) in [5, 5.41) is 9.36. The Morgan fingerprint density at radius 1 is 1.41 bits per heavy atom. The molecule has 0 aliphatic carbocycles. The van der Waals surface area contributed by atoms with Crippen LogP contribution in [0.5, 0.6) is 0 Å². The molecule has 0 unspecified atom stereocenters. The maximum absolute atomic E-state index is 13.9. The maximum atomic E-state index is 13.9. The van der Waals surface area contributed by atoms with Crippen molar-refractivity contribution in [1.82, 2.24) is 4.90 Å². The summed E-state index contributed by atoms with van der Waals surface area (Å²) in [6.45, 7) is 1.65. The molecule has 1 heterocycles. The molecule has 22 heavy (non-hydrogen) atoms. The van der Waals surface area contributed by atoms with Gasteiger partial charge in [-0.1, -0.05) is 6.07 Å². The van der Waals surface area contributed by atoms with E-state index in [1.807, 2.05) is 0 Å². The Morgan fingerprint density at radius 2 is 2.14 bits per heavy atom. The molecule has 1 aromatic carbocycles. The molecule has 0 fully saturated rings. The highest BCUT2D eigenvalue weighted by atomic mass is 32.1. The number of carbonyl (C=O) groups excluding carboxylic acids is 1. The minimum absolute atomic E-state index is 0.164. The van der Waals surface area contributed by atoms with Crippen LogP contribution < -0.4 is 0 Å². The van der Waals surface area contributed by atoms with Crippen LogP contribution in [0, 0.1) is 12.7 Å². The quantitative estimate of drug-likeness (QED) is 0.886. The van der Waals surface area contributed by atoms with Crippen molar-refractivity contribution in [2.75, 3.05) is 26.8 Å². The lowest BCUT2D eigenvalue weighted by Crippen LogP contribution is -2.37. The Bertz CT molecular complexity index is 713. The molecule has 0 radical (unpaired) electrons. The van der Waals surface area contributed by atoms with Gasteiger partial charge in [-0.2, -0.15) is 0 Å². The van der Waals surface area contributed by atoms with Gasteiger partial charge < -0.3 is 14.7 Å². The number of benzene rings is 1. The normalized spacial score (nSPS) is 10.9. The third-order valence-corrected chi connectivity index (χ3v) is 4.52. The predicted octanol–water partition coefficient (Wildman–Crippen LogP) is 2.52. The van der Waals surface area contributed by atoms with Crippen molar-refractivity contribution in [2.24, 2.45) is 0 Å². The number of aliphatic carboxylic acids is 1. The first-order valence-electron chi connectivity index (χ1n) is 6.63. The molecule has 0 aliphatic heterocycles. The number of halogens is 1. The van der Waals surface area contributed by atoms with Crippen LogP contribution in [-0.4, -0.2) is 48.7 Å². The summed E-state index contributed by atoms with van der Waals surface area (Å²) in [5.41, 5.74) is 0.538. The van der Waals surface area contributed by atoms with Gasteiger partial charge in [0.05, 0.1) is 11.5 Å². The smallest absolute Gasteiger partial charge is 0.323 e. The molecule has 1 N–H and O–H groups in total. The lowest BCUT2D eigenvalue weighted by atomic mass is 10.1. The minimum Gasteiger partial charge on any atom is -0.480 e. The van der Waals surface area contributed by atoms with E-state index in [2.05, 4.69) is 0 Å². The number of amides is 1. The number of hydrogen-bond donors (Lipinski definition) is 1. The molecule has 0 atom stereocenters. The average molecular weight is 325 g/mol. The van der Waals surface area contributed by atoms with E-state index >= 15 is 0 Å². The van der Waals surface area contributed by atoms with Crippen LogP contribution in [0.25, 0.3) is 10.1 Å². The second-order valence-electron chi connectivity index (χ2n) is 4.78. The number of fused-ring (bicyclic) bond motifs is 1. The molecule has 0 saturated carbocycles. The Balaban J connectivity index is 2.39. The fraction of sp³-hybridized carbons (Fsp3) is 0.333. The van der Waals surface area contributed by atoms with E-state index in [0.717, 1.165) is 0 Å². The lowest BCUT2D eigenvalue weighted by molar-refractivity contribution is -0.137. The largest absolute Gasteiger partial charge is 0.480 e. The van der Waals surface area contributed by atoms with Gasteiger partial charge >= 0.3 is 5.97 Å². The number of nitrogens with zero attached hydrogens (tertiary/aromatic N) is 1. The first-order valence-corrected chi connectivity index (χ1v) is 7.45.